The van der Waals surface area contributed by atoms with E-state index in [1.807, 2.05) is 16.0 Å². The monoisotopic (exact) mass is 382 g/mol. The number of hydrogen-bond donors (Lipinski definition) is 0. The fourth-order valence-electron chi connectivity index (χ4n) is 4.09. The highest BCUT2D eigenvalue weighted by molar-refractivity contribution is 7.71. The van der Waals surface area contributed by atoms with Crippen molar-refractivity contribution < 1.29 is 0 Å². The van der Waals surface area contributed by atoms with Crippen LogP contribution in [0.2, 0.25) is 0 Å². The van der Waals surface area contributed by atoms with Crippen LogP contribution in [-0.4, -0.2) is 25.8 Å². The lowest BCUT2D eigenvalue weighted by Crippen LogP contribution is -2.37. The molecule has 2 aliphatic rings. The van der Waals surface area contributed by atoms with E-state index >= 15 is 0 Å². The summed E-state index contributed by atoms with van der Waals surface area (Å²) in [5.41, 5.74) is 2.79. The first kappa shape index (κ1) is 16.4. The van der Waals surface area contributed by atoms with Crippen molar-refractivity contribution in [1.82, 2.24) is 19.2 Å². The molecule has 6 heteroatoms. The van der Waals surface area contributed by atoms with Crippen LogP contribution in [0.15, 0.2) is 41.8 Å². The van der Waals surface area contributed by atoms with Gasteiger partial charge in [-0.15, -0.1) is 11.3 Å². The highest BCUT2D eigenvalue weighted by atomic mass is 32.1. The van der Waals surface area contributed by atoms with Gasteiger partial charge in [-0.05, 0) is 61.0 Å². The Balaban J connectivity index is 1.52. The molecule has 3 aromatic rings. The van der Waals surface area contributed by atoms with Crippen molar-refractivity contribution in [3.63, 3.8) is 0 Å². The molecule has 4 nitrogen and oxygen atoms in total. The minimum atomic E-state index is 0.277. The van der Waals surface area contributed by atoms with E-state index in [1.54, 1.807) is 0 Å². The van der Waals surface area contributed by atoms with Gasteiger partial charge in [-0.1, -0.05) is 30.3 Å². The highest BCUT2D eigenvalue weighted by Gasteiger charge is 2.31. The summed E-state index contributed by atoms with van der Waals surface area (Å²) < 4.78 is 5.14. The number of fused-ring (bicyclic) bond motifs is 1. The van der Waals surface area contributed by atoms with Crippen LogP contribution in [0.1, 0.15) is 46.8 Å². The molecule has 0 saturated heterocycles. The molecule has 1 aromatic carbocycles. The number of hydrogen-bond acceptors (Lipinski definition) is 4. The van der Waals surface area contributed by atoms with Gasteiger partial charge in [-0.3, -0.25) is 4.90 Å². The molecule has 134 valence electrons. The van der Waals surface area contributed by atoms with Crippen LogP contribution >= 0.6 is 23.6 Å². The smallest absolute Gasteiger partial charge is 0.199 e. The predicted octanol–water partition coefficient (Wildman–Crippen LogP) is 4.72. The second kappa shape index (κ2) is 6.44. The van der Waals surface area contributed by atoms with Crippen LogP contribution in [0, 0.1) is 11.7 Å². The van der Waals surface area contributed by atoms with Gasteiger partial charge in [0, 0.05) is 17.5 Å². The Hall–Kier alpha value is -1.76. The molecule has 1 unspecified atom stereocenters. The third-order valence-corrected chi connectivity index (χ3v) is 6.85. The van der Waals surface area contributed by atoms with E-state index in [-0.39, 0.29) is 6.04 Å². The molecule has 1 fully saturated rings. The lowest BCUT2D eigenvalue weighted by molar-refractivity contribution is 0.156. The molecule has 1 saturated carbocycles. The Morgan fingerprint density at radius 1 is 1.19 bits per heavy atom. The van der Waals surface area contributed by atoms with E-state index in [0.717, 1.165) is 30.2 Å². The zero-order chi connectivity index (χ0) is 17.7. The summed E-state index contributed by atoms with van der Waals surface area (Å²) in [6.07, 6.45) is 3.57. The summed E-state index contributed by atoms with van der Waals surface area (Å²) in [5.74, 6) is 1.04. The van der Waals surface area contributed by atoms with Crippen molar-refractivity contribution in [2.45, 2.75) is 44.9 Å². The standard InChI is InChI=1S/C20H22N4S2/c1-14-21-23(20(25)24(14)16-7-8-16)13-22-11-9-18-17(10-12-26-18)19(22)15-5-3-2-4-6-15/h2-6,10,12,16,19H,7-9,11,13H2,1H3. The SMILES string of the molecule is Cc1nn(CN2CCc3sccc3C2c2ccccc2)c(=S)n1C1CC1. The Bertz CT molecular complexity index is 981. The van der Waals surface area contributed by atoms with Gasteiger partial charge in [-0.25, -0.2) is 4.68 Å². The van der Waals surface area contributed by atoms with Gasteiger partial charge in [-0.2, -0.15) is 5.10 Å². The molecule has 1 atom stereocenters. The molecule has 1 aliphatic carbocycles. The highest BCUT2D eigenvalue weighted by Crippen LogP contribution is 2.39. The first-order valence-electron chi connectivity index (χ1n) is 9.23. The molecule has 0 N–H and O–H groups in total. The third kappa shape index (κ3) is 2.76. The van der Waals surface area contributed by atoms with Crippen LogP contribution in [-0.2, 0) is 13.1 Å². The van der Waals surface area contributed by atoms with Crippen molar-refractivity contribution in [3.8, 4) is 0 Å². The molecule has 0 bridgehead atoms. The average Bonchev–Trinajstić information content (AvgIpc) is 3.29. The van der Waals surface area contributed by atoms with Gasteiger partial charge >= 0.3 is 0 Å². The Labute approximate surface area is 162 Å². The van der Waals surface area contributed by atoms with Crippen molar-refractivity contribution in [3.05, 3.63) is 68.4 Å². The van der Waals surface area contributed by atoms with Gasteiger partial charge in [0.25, 0.3) is 0 Å². The quantitative estimate of drug-likeness (QED) is 0.611. The van der Waals surface area contributed by atoms with E-state index in [2.05, 4.69) is 58.2 Å². The lowest BCUT2D eigenvalue weighted by Gasteiger charge is -2.36. The van der Waals surface area contributed by atoms with Crippen LogP contribution in [0.4, 0.5) is 0 Å². The third-order valence-electron chi connectivity index (χ3n) is 5.45. The van der Waals surface area contributed by atoms with E-state index < -0.39 is 0 Å². The van der Waals surface area contributed by atoms with Gasteiger partial charge in [0.05, 0.1) is 12.7 Å². The molecular formula is C20H22N4S2. The number of aryl methyl sites for hydroxylation is 1. The van der Waals surface area contributed by atoms with Gasteiger partial charge in [0.1, 0.15) is 5.82 Å². The number of thiophene rings is 1. The summed E-state index contributed by atoms with van der Waals surface area (Å²) in [4.78, 5) is 4.03. The van der Waals surface area contributed by atoms with Crippen molar-refractivity contribution in [1.29, 1.82) is 0 Å². The number of benzene rings is 1. The summed E-state index contributed by atoms with van der Waals surface area (Å²) in [7, 11) is 0. The molecule has 0 radical (unpaired) electrons. The maximum absolute atomic E-state index is 5.75. The molecule has 2 aromatic heterocycles. The Kier molecular flexibility index (Phi) is 4.07. The van der Waals surface area contributed by atoms with E-state index in [0.29, 0.717) is 6.04 Å². The van der Waals surface area contributed by atoms with E-state index in [1.165, 1.54) is 28.8 Å². The molecule has 3 heterocycles. The Morgan fingerprint density at radius 3 is 2.77 bits per heavy atom. The summed E-state index contributed by atoms with van der Waals surface area (Å²) in [6, 6.07) is 14.0. The Morgan fingerprint density at radius 2 is 2.00 bits per heavy atom. The molecule has 26 heavy (non-hydrogen) atoms. The molecule has 1 aliphatic heterocycles. The van der Waals surface area contributed by atoms with E-state index in [9.17, 15) is 0 Å². The molecule has 5 rings (SSSR count). The molecule has 0 spiro atoms. The second-order valence-corrected chi connectivity index (χ2v) is 8.61. The van der Waals surface area contributed by atoms with Gasteiger partial charge in [0.2, 0.25) is 0 Å². The van der Waals surface area contributed by atoms with Crippen molar-refractivity contribution in [2.75, 3.05) is 6.54 Å². The summed E-state index contributed by atoms with van der Waals surface area (Å²) in [5, 5.41) is 7.00. The van der Waals surface area contributed by atoms with Crippen LogP contribution in [0.25, 0.3) is 0 Å². The number of rotatable bonds is 4. The first-order valence-corrected chi connectivity index (χ1v) is 10.5. The van der Waals surface area contributed by atoms with Crippen LogP contribution < -0.4 is 0 Å². The largest absolute Gasteiger partial charge is 0.301 e. The number of nitrogens with zero attached hydrogens (tertiary/aromatic N) is 4. The number of aromatic nitrogens is 3. The second-order valence-electron chi connectivity index (χ2n) is 7.25. The molecular weight excluding hydrogens is 360 g/mol. The topological polar surface area (TPSA) is 26.0 Å². The fourth-order valence-corrected chi connectivity index (χ4v) is 5.38. The van der Waals surface area contributed by atoms with E-state index in [4.69, 9.17) is 17.3 Å². The average molecular weight is 383 g/mol. The fraction of sp³-hybridized carbons (Fsp3) is 0.400. The normalized spacial score (nSPS) is 20.3. The summed E-state index contributed by atoms with van der Waals surface area (Å²) >= 11 is 7.63. The van der Waals surface area contributed by atoms with Crippen LogP contribution in [0.3, 0.4) is 0 Å². The molecule has 0 amide bonds. The van der Waals surface area contributed by atoms with Crippen molar-refractivity contribution >= 4 is 23.6 Å². The maximum Gasteiger partial charge on any atom is 0.199 e. The minimum absolute atomic E-state index is 0.277. The maximum atomic E-state index is 5.75. The van der Waals surface area contributed by atoms with Gasteiger partial charge < -0.3 is 4.57 Å². The minimum Gasteiger partial charge on any atom is -0.301 e. The van der Waals surface area contributed by atoms with Gasteiger partial charge in [0.15, 0.2) is 4.77 Å². The zero-order valence-electron chi connectivity index (χ0n) is 14.8. The lowest BCUT2D eigenvalue weighted by atomic mass is 9.94. The predicted molar refractivity (Wildman–Crippen MR) is 107 cm³/mol. The summed E-state index contributed by atoms with van der Waals surface area (Å²) in [6.45, 7) is 3.85. The zero-order valence-corrected chi connectivity index (χ0v) is 16.5. The first-order chi connectivity index (χ1) is 12.7. The van der Waals surface area contributed by atoms with Crippen LogP contribution in [0.5, 0.6) is 0 Å². The van der Waals surface area contributed by atoms with Crippen molar-refractivity contribution in [2.24, 2.45) is 0 Å².